The summed E-state index contributed by atoms with van der Waals surface area (Å²) in [5, 5.41) is 0. The number of likely N-dealkylation sites (tertiary alicyclic amines) is 1. The number of hydrogen-bond donors (Lipinski definition) is 1. The highest BCUT2D eigenvalue weighted by atomic mass is 127. The summed E-state index contributed by atoms with van der Waals surface area (Å²) in [6.45, 7) is 7.67. The molecule has 2 aliphatic rings. The molecule has 0 amide bonds. The highest BCUT2D eigenvalue weighted by Gasteiger charge is 2.18. The van der Waals surface area contributed by atoms with Gasteiger partial charge in [-0.3, -0.25) is 4.99 Å². The molecule has 26 heavy (non-hydrogen) atoms. The van der Waals surface area contributed by atoms with Gasteiger partial charge in [-0.2, -0.15) is 0 Å². The number of benzene rings is 1. The molecule has 146 valence electrons. The Morgan fingerprint density at radius 2 is 1.54 bits per heavy atom. The molecule has 2 aliphatic heterocycles. The minimum atomic E-state index is -0.192. The SMILES string of the molecule is I.NC(=NCCN1CCCCCC1)N1CCN(c2ccc(F)cc2)CC1. The van der Waals surface area contributed by atoms with E-state index in [2.05, 4.69) is 19.7 Å². The van der Waals surface area contributed by atoms with Crippen LogP contribution in [-0.4, -0.2) is 68.1 Å². The molecule has 0 aliphatic carbocycles. The summed E-state index contributed by atoms with van der Waals surface area (Å²) in [5.41, 5.74) is 7.26. The number of nitrogens with two attached hydrogens (primary N) is 1. The Morgan fingerprint density at radius 1 is 0.923 bits per heavy atom. The Bertz CT molecular complexity index is 550. The van der Waals surface area contributed by atoms with Crippen molar-refractivity contribution in [3.8, 4) is 0 Å². The predicted molar refractivity (Wildman–Crippen MR) is 117 cm³/mol. The third-order valence-electron chi connectivity index (χ3n) is 5.18. The van der Waals surface area contributed by atoms with Crippen molar-refractivity contribution in [1.82, 2.24) is 9.80 Å². The predicted octanol–water partition coefficient (Wildman–Crippen LogP) is 2.76. The average molecular weight is 475 g/mol. The smallest absolute Gasteiger partial charge is 0.191 e. The third-order valence-corrected chi connectivity index (χ3v) is 5.18. The van der Waals surface area contributed by atoms with Crippen molar-refractivity contribution in [3.63, 3.8) is 0 Å². The van der Waals surface area contributed by atoms with Crippen LogP contribution in [0.3, 0.4) is 0 Å². The van der Waals surface area contributed by atoms with Crippen molar-refractivity contribution < 1.29 is 4.39 Å². The maximum atomic E-state index is 13.0. The van der Waals surface area contributed by atoms with Gasteiger partial charge in [0.2, 0.25) is 0 Å². The van der Waals surface area contributed by atoms with Gasteiger partial charge in [0.25, 0.3) is 0 Å². The summed E-state index contributed by atoms with van der Waals surface area (Å²) in [6.07, 6.45) is 5.34. The molecule has 1 aromatic rings. The van der Waals surface area contributed by atoms with Gasteiger partial charge in [-0.05, 0) is 50.2 Å². The van der Waals surface area contributed by atoms with E-state index in [0.29, 0.717) is 5.96 Å². The Labute approximate surface area is 173 Å². The van der Waals surface area contributed by atoms with E-state index in [1.807, 2.05) is 12.1 Å². The van der Waals surface area contributed by atoms with Gasteiger partial charge in [-0.25, -0.2) is 4.39 Å². The van der Waals surface area contributed by atoms with Crippen LogP contribution in [0.5, 0.6) is 0 Å². The fraction of sp³-hybridized carbons (Fsp3) is 0.632. The number of aliphatic imine (C=N–C) groups is 1. The molecule has 2 fully saturated rings. The zero-order valence-electron chi connectivity index (χ0n) is 15.4. The second-order valence-corrected chi connectivity index (χ2v) is 6.95. The van der Waals surface area contributed by atoms with Gasteiger partial charge < -0.3 is 20.4 Å². The van der Waals surface area contributed by atoms with E-state index in [1.54, 1.807) is 0 Å². The van der Waals surface area contributed by atoms with Crippen LogP contribution < -0.4 is 10.6 Å². The number of anilines is 1. The number of guanidine groups is 1. The first-order valence-corrected chi connectivity index (χ1v) is 9.50. The topological polar surface area (TPSA) is 48.1 Å². The van der Waals surface area contributed by atoms with Crippen LogP contribution in [0.1, 0.15) is 25.7 Å². The lowest BCUT2D eigenvalue weighted by atomic mass is 10.2. The Morgan fingerprint density at radius 3 is 2.15 bits per heavy atom. The molecule has 0 unspecified atom stereocenters. The van der Waals surface area contributed by atoms with Gasteiger partial charge in [0.05, 0.1) is 6.54 Å². The van der Waals surface area contributed by atoms with Crippen LogP contribution in [0, 0.1) is 5.82 Å². The second-order valence-electron chi connectivity index (χ2n) is 6.95. The summed E-state index contributed by atoms with van der Waals surface area (Å²) in [6, 6.07) is 6.70. The second kappa shape index (κ2) is 10.9. The van der Waals surface area contributed by atoms with Crippen molar-refractivity contribution in [2.24, 2.45) is 10.7 Å². The van der Waals surface area contributed by atoms with Crippen molar-refractivity contribution in [1.29, 1.82) is 0 Å². The summed E-state index contributed by atoms with van der Waals surface area (Å²) in [4.78, 5) is 11.5. The fourth-order valence-corrected chi connectivity index (χ4v) is 3.61. The number of piperazine rings is 1. The number of rotatable bonds is 4. The first-order chi connectivity index (χ1) is 12.2. The number of hydrogen-bond acceptors (Lipinski definition) is 3. The minimum absolute atomic E-state index is 0. The molecule has 2 saturated heterocycles. The molecule has 0 radical (unpaired) electrons. The van der Waals surface area contributed by atoms with Gasteiger partial charge in [0.15, 0.2) is 5.96 Å². The zero-order valence-corrected chi connectivity index (χ0v) is 17.8. The van der Waals surface area contributed by atoms with Crippen LogP contribution in [0.15, 0.2) is 29.3 Å². The Kier molecular flexibility index (Phi) is 8.90. The lowest BCUT2D eigenvalue weighted by Crippen LogP contribution is -2.51. The van der Waals surface area contributed by atoms with Crippen molar-refractivity contribution in [2.75, 3.05) is 57.3 Å². The maximum Gasteiger partial charge on any atom is 0.191 e. The van der Waals surface area contributed by atoms with E-state index in [0.717, 1.165) is 45.0 Å². The number of nitrogens with zero attached hydrogens (tertiary/aromatic N) is 4. The van der Waals surface area contributed by atoms with E-state index in [-0.39, 0.29) is 29.8 Å². The molecular formula is C19H31FIN5. The highest BCUT2D eigenvalue weighted by Crippen LogP contribution is 2.16. The Balaban J connectivity index is 0.00000243. The van der Waals surface area contributed by atoms with E-state index in [4.69, 9.17) is 5.73 Å². The van der Waals surface area contributed by atoms with E-state index in [9.17, 15) is 4.39 Å². The van der Waals surface area contributed by atoms with Gasteiger partial charge in [-0.1, -0.05) is 12.8 Å². The first-order valence-electron chi connectivity index (χ1n) is 9.50. The van der Waals surface area contributed by atoms with Gasteiger partial charge in [0, 0.05) is 38.4 Å². The molecule has 7 heteroatoms. The van der Waals surface area contributed by atoms with E-state index >= 15 is 0 Å². The monoisotopic (exact) mass is 475 g/mol. The summed E-state index contributed by atoms with van der Waals surface area (Å²) in [5.74, 6) is 0.469. The summed E-state index contributed by atoms with van der Waals surface area (Å²) >= 11 is 0. The normalized spacial score (nSPS) is 19.8. The molecule has 0 atom stereocenters. The lowest BCUT2D eigenvalue weighted by Gasteiger charge is -2.36. The van der Waals surface area contributed by atoms with Crippen LogP contribution in [0.2, 0.25) is 0 Å². The van der Waals surface area contributed by atoms with E-state index in [1.165, 1.54) is 50.9 Å². The maximum absolute atomic E-state index is 13.0. The van der Waals surface area contributed by atoms with E-state index < -0.39 is 0 Å². The molecule has 0 saturated carbocycles. The van der Waals surface area contributed by atoms with Gasteiger partial charge in [-0.15, -0.1) is 24.0 Å². The standard InChI is InChI=1S/C19H30FN5.HI/c20-17-5-7-18(8-6-17)24-13-15-25(16-14-24)19(21)22-9-12-23-10-3-1-2-4-11-23;/h5-8H,1-4,9-16H2,(H2,21,22);1H. The van der Waals surface area contributed by atoms with Gasteiger partial charge in [0.1, 0.15) is 5.82 Å². The molecule has 0 spiro atoms. The molecule has 2 heterocycles. The van der Waals surface area contributed by atoms with Crippen molar-refractivity contribution >= 4 is 35.6 Å². The number of halogens is 2. The average Bonchev–Trinajstić information content (AvgIpc) is 2.91. The van der Waals surface area contributed by atoms with Crippen LogP contribution >= 0.6 is 24.0 Å². The first kappa shape index (κ1) is 21.2. The quantitative estimate of drug-likeness (QED) is 0.414. The fourth-order valence-electron chi connectivity index (χ4n) is 3.61. The summed E-state index contributed by atoms with van der Waals surface area (Å²) in [7, 11) is 0. The summed E-state index contributed by atoms with van der Waals surface area (Å²) < 4.78 is 13.0. The molecular weight excluding hydrogens is 444 g/mol. The molecule has 3 rings (SSSR count). The third kappa shape index (κ3) is 6.26. The molecule has 5 nitrogen and oxygen atoms in total. The molecule has 0 aromatic heterocycles. The van der Waals surface area contributed by atoms with Crippen LogP contribution in [0.4, 0.5) is 10.1 Å². The van der Waals surface area contributed by atoms with Crippen molar-refractivity contribution in [2.45, 2.75) is 25.7 Å². The molecule has 1 aromatic carbocycles. The zero-order chi connectivity index (χ0) is 17.5. The van der Waals surface area contributed by atoms with Gasteiger partial charge >= 0.3 is 0 Å². The van der Waals surface area contributed by atoms with Crippen LogP contribution in [0.25, 0.3) is 0 Å². The minimum Gasteiger partial charge on any atom is -0.370 e. The largest absolute Gasteiger partial charge is 0.370 e. The molecule has 2 N–H and O–H groups in total. The Hall–Kier alpha value is -1.09. The van der Waals surface area contributed by atoms with Crippen LogP contribution in [-0.2, 0) is 0 Å². The lowest BCUT2D eigenvalue weighted by molar-refractivity contribution is 0.292. The molecule has 0 bridgehead atoms. The highest BCUT2D eigenvalue weighted by molar-refractivity contribution is 14.0. The van der Waals surface area contributed by atoms with Crippen molar-refractivity contribution in [3.05, 3.63) is 30.1 Å².